The number of phenolic OH excluding ortho intramolecular Hbond substituents is 1. The molecular weight excluding hydrogens is 349 g/mol. The van der Waals surface area contributed by atoms with Crippen molar-refractivity contribution in [3.63, 3.8) is 0 Å². The van der Waals surface area contributed by atoms with E-state index in [0.717, 1.165) is 6.07 Å². The second kappa shape index (κ2) is 8.80. The zero-order valence-corrected chi connectivity index (χ0v) is 15.2. The molecule has 2 N–H and O–H groups in total. The first kappa shape index (κ1) is 19.9. The van der Waals surface area contributed by atoms with Gasteiger partial charge in [-0.3, -0.25) is 9.59 Å². The molecule has 0 saturated heterocycles. The molecule has 0 radical (unpaired) electrons. The van der Waals surface area contributed by atoms with Gasteiger partial charge in [-0.05, 0) is 61.9 Å². The molecule has 0 fully saturated rings. The summed E-state index contributed by atoms with van der Waals surface area (Å²) in [6, 6.07) is 10.4. The Bertz CT molecular complexity index is 932. The number of nitrogens with one attached hydrogen (secondary N) is 1. The van der Waals surface area contributed by atoms with Crippen LogP contribution in [0.25, 0.3) is 5.57 Å². The van der Waals surface area contributed by atoms with Gasteiger partial charge >= 0.3 is 0 Å². The first-order valence-corrected chi connectivity index (χ1v) is 8.16. The van der Waals surface area contributed by atoms with Crippen LogP contribution >= 0.6 is 0 Å². The van der Waals surface area contributed by atoms with E-state index < -0.39 is 11.7 Å². The molecule has 140 valence electrons. The van der Waals surface area contributed by atoms with Crippen LogP contribution in [0.15, 0.2) is 60.2 Å². The van der Waals surface area contributed by atoms with E-state index in [1.807, 2.05) is 0 Å². The van der Waals surface area contributed by atoms with E-state index >= 15 is 0 Å². The Hall–Kier alpha value is -3.41. The lowest BCUT2D eigenvalue weighted by Gasteiger charge is -2.13. The van der Waals surface area contributed by atoms with Crippen molar-refractivity contribution in [3.05, 3.63) is 71.6 Å². The molecule has 0 spiro atoms. The Kier molecular flexibility index (Phi) is 6.49. The molecule has 1 amide bonds. The summed E-state index contributed by atoms with van der Waals surface area (Å²) in [5, 5.41) is 12.4. The summed E-state index contributed by atoms with van der Waals surface area (Å²) in [7, 11) is 1.48. The summed E-state index contributed by atoms with van der Waals surface area (Å²) in [5.41, 5.74) is 0.852. The quantitative estimate of drug-likeness (QED) is 0.594. The number of carbonyl (C=O) groups excluding carboxylic acids is 2. The predicted molar refractivity (Wildman–Crippen MR) is 102 cm³/mol. The minimum atomic E-state index is -0.593. The maximum absolute atomic E-state index is 14.2. The fourth-order valence-corrected chi connectivity index (χ4v) is 2.45. The van der Waals surface area contributed by atoms with Crippen LogP contribution in [-0.2, 0) is 9.59 Å². The fraction of sp³-hybridized carbons (Fsp3) is 0.143. The number of allylic oxidation sites excluding steroid dienone is 2. The molecule has 0 atom stereocenters. The van der Waals surface area contributed by atoms with E-state index in [1.54, 1.807) is 31.2 Å². The second-order valence-corrected chi connectivity index (χ2v) is 5.80. The number of methoxy groups -OCH3 is 1. The summed E-state index contributed by atoms with van der Waals surface area (Å²) in [4.78, 5) is 24.2. The van der Waals surface area contributed by atoms with Crippen molar-refractivity contribution in [2.24, 2.45) is 0 Å². The first-order chi connectivity index (χ1) is 12.8. The maximum Gasteiger partial charge on any atom is 0.256 e. The smallest absolute Gasteiger partial charge is 0.256 e. The molecule has 0 unspecified atom stereocenters. The molecule has 2 aromatic rings. The van der Waals surface area contributed by atoms with Crippen molar-refractivity contribution in [1.82, 2.24) is 0 Å². The number of ketones is 1. The molecule has 6 heteroatoms. The summed E-state index contributed by atoms with van der Waals surface area (Å²) in [5.74, 6) is -1.07. The van der Waals surface area contributed by atoms with Crippen LogP contribution in [0.5, 0.6) is 11.5 Å². The number of phenols is 1. The van der Waals surface area contributed by atoms with Crippen LogP contribution in [0.2, 0.25) is 0 Å². The topological polar surface area (TPSA) is 75.6 Å². The minimum absolute atomic E-state index is 0.0633. The van der Waals surface area contributed by atoms with Crippen molar-refractivity contribution in [2.75, 3.05) is 12.4 Å². The minimum Gasteiger partial charge on any atom is -0.508 e. The molecular formula is C21H20FNO4. The highest BCUT2D eigenvalue weighted by atomic mass is 19.1. The molecule has 0 heterocycles. The molecule has 0 bridgehead atoms. The van der Waals surface area contributed by atoms with Gasteiger partial charge in [0.25, 0.3) is 5.91 Å². The molecule has 0 aliphatic heterocycles. The van der Waals surface area contributed by atoms with Crippen LogP contribution in [0.1, 0.15) is 19.4 Å². The fourth-order valence-electron chi connectivity index (χ4n) is 2.45. The van der Waals surface area contributed by atoms with E-state index in [2.05, 4.69) is 5.32 Å². The Morgan fingerprint density at radius 1 is 1.11 bits per heavy atom. The molecule has 0 aromatic heterocycles. The SMILES string of the molecule is COc1ccccc1NC(=O)/C(C=CC(C)=O)=C(/C)c1cc(O)ccc1F. The largest absolute Gasteiger partial charge is 0.508 e. The zero-order valence-electron chi connectivity index (χ0n) is 15.2. The second-order valence-electron chi connectivity index (χ2n) is 5.80. The number of aromatic hydroxyl groups is 1. The number of anilines is 1. The molecule has 0 aliphatic rings. The lowest BCUT2D eigenvalue weighted by molar-refractivity contribution is -0.113. The Morgan fingerprint density at radius 3 is 2.48 bits per heavy atom. The highest BCUT2D eigenvalue weighted by Gasteiger charge is 2.16. The van der Waals surface area contributed by atoms with Crippen molar-refractivity contribution >= 4 is 23.0 Å². The lowest BCUT2D eigenvalue weighted by Crippen LogP contribution is -2.15. The first-order valence-electron chi connectivity index (χ1n) is 8.16. The number of rotatable bonds is 6. The lowest BCUT2D eigenvalue weighted by atomic mass is 9.99. The summed E-state index contributed by atoms with van der Waals surface area (Å²) in [6.45, 7) is 2.88. The number of carbonyl (C=O) groups is 2. The Labute approximate surface area is 156 Å². The van der Waals surface area contributed by atoms with Crippen LogP contribution in [-0.4, -0.2) is 23.9 Å². The van der Waals surface area contributed by atoms with E-state index in [-0.39, 0.29) is 28.2 Å². The third-order valence-corrected chi connectivity index (χ3v) is 3.84. The van der Waals surface area contributed by atoms with Crippen molar-refractivity contribution < 1.29 is 23.8 Å². The highest BCUT2D eigenvalue weighted by Crippen LogP contribution is 2.28. The third kappa shape index (κ3) is 5.04. The van der Waals surface area contributed by atoms with E-state index in [1.165, 1.54) is 38.3 Å². The standard InChI is InChI=1S/C21H20FNO4/c1-13(24)8-10-16(14(2)17-12-15(25)9-11-18(17)22)21(26)23-19-6-4-5-7-20(19)27-3/h4-12,25H,1-3H3,(H,23,26)/b10-8?,16-14-. The molecule has 5 nitrogen and oxygen atoms in total. The number of ether oxygens (including phenoxy) is 1. The van der Waals surface area contributed by atoms with E-state index in [0.29, 0.717) is 11.4 Å². The number of halogens is 1. The van der Waals surface area contributed by atoms with Gasteiger partial charge in [-0.25, -0.2) is 4.39 Å². The van der Waals surface area contributed by atoms with Crippen LogP contribution in [0.4, 0.5) is 10.1 Å². The number of amides is 1. The monoisotopic (exact) mass is 369 g/mol. The van der Waals surface area contributed by atoms with Gasteiger partial charge in [-0.15, -0.1) is 0 Å². The van der Waals surface area contributed by atoms with Gasteiger partial charge in [0.1, 0.15) is 17.3 Å². The highest BCUT2D eigenvalue weighted by molar-refractivity contribution is 6.12. The average molecular weight is 369 g/mol. The van der Waals surface area contributed by atoms with Gasteiger partial charge in [0.15, 0.2) is 5.78 Å². The third-order valence-electron chi connectivity index (χ3n) is 3.84. The summed E-state index contributed by atoms with van der Waals surface area (Å²) >= 11 is 0. The number of hydrogen-bond donors (Lipinski definition) is 2. The molecule has 0 aliphatic carbocycles. The van der Waals surface area contributed by atoms with Gasteiger partial charge in [0.05, 0.1) is 12.8 Å². The predicted octanol–water partition coefficient (Wildman–Crippen LogP) is 4.10. The summed E-state index contributed by atoms with van der Waals surface area (Å²) in [6.07, 6.45) is 2.55. The number of para-hydroxylation sites is 2. The number of benzene rings is 2. The zero-order chi connectivity index (χ0) is 20.0. The molecule has 0 saturated carbocycles. The summed E-state index contributed by atoms with van der Waals surface area (Å²) < 4.78 is 19.4. The molecule has 2 rings (SSSR count). The van der Waals surface area contributed by atoms with E-state index in [9.17, 15) is 19.1 Å². The van der Waals surface area contributed by atoms with Crippen LogP contribution in [0.3, 0.4) is 0 Å². The van der Waals surface area contributed by atoms with Crippen molar-refractivity contribution in [1.29, 1.82) is 0 Å². The molecule has 2 aromatic carbocycles. The van der Waals surface area contributed by atoms with E-state index in [4.69, 9.17) is 4.74 Å². The van der Waals surface area contributed by atoms with Gasteiger partial charge in [-0.1, -0.05) is 12.1 Å². The van der Waals surface area contributed by atoms with Crippen LogP contribution in [0, 0.1) is 5.82 Å². The normalized spacial score (nSPS) is 11.9. The number of hydrogen-bond acceptors (Lipinski definition) is 4. The van der Waals surface area contributed by atoms with Crippen molar-refractivity contribution in [2.45, 2.75) is 13.8 Å². The van der Waals surface area contributed by atoms with Gasteiger partial charge in [-0.2, -0.15) is 0 Å². The van der Waals surface area contributed by atoms with Crippen molar-refractivity contribution in [3.8, 4) is 11.5 Å². The Balaban J connectivity index is 2.52. The van der Waals surface area contributed by atoms with Gasteiger partial charge < -0.3 is 15.2 Å². The molecule has 27 heavy (non-hydrogen) atoms. The van der Waals surface area contributed by atoms with Gasteiger partial charge in [0, 0.05) is 11.1 Å². The van der Waals surface area contributed by atoms with Crippen LogP contribution < -0.4 is 10.1 Å². The van der Waals surface area contributed by atoms with Gasteiger partial charge in [0.2, 0.25) is 0 Å². The maximum atomic E-state index is 14.2. The Morgan fingerprint density at radius 2 is 1.81 bits per heavy atom. The average Bonchev–Trinajstić information content (AvgIpc) is 2.63.